The van der Waals surface area contributed by atoms with Gasteiger partial charge in [-0.05, 0) is 0 Å². The Morgan fingerprint density at radius 3 is 2.34 bits per heavy atom. The fraction of sp³-hybridized carbons (Fsp3) is 0.500. The number of hydrogen-bond donors (Lipinski definition) is 7. The van der Waals surface area contributed by atoms with Gasteiger partial charge in [0.25, 0.3) is 0 Å². The first kappa shape index (κ1) is 28.3. The average Bonchev–Trinajstić information content (AvgIpc) is 3.13. The van der Waals surface area contributed by atoms with Crippen LogP contribution >= 0.6 is 35.2 Å². The number of rotatable bonds is 8. The number of phosphoric acid groups is 3. The molecule has 1 aliphatic heterocycles. The zero-order valence-corrected chi connectivity index (χ0v) is 21.4. The predicted molar refractivity (Wildman–Crippen MR) is 103 cm³/mol. The van der Waals surface area contributed by atoms with Crippen molar-refractivity contribution in [2.24, 2.45) is 0 Å². The minimum Gasteiger partial charge on any atom is -1.00 e. The van der Waals surface area contributed by atoms with Crippen molar-refractivity contribution in [1.29, 1.82) is 0 Å². The molecule has 22 heteroatoms. The van der Waals surface area contributed by atoms with Crippen LogP contribution in [-0.2, 0) is 26.8 Å². The molecule has 32 heavy (non-hydrogen) atoms. The van der Waals surface area contributed by atoms with E-state index in [2.05, 4.69) is 28.1 Å². The second-order valence-electron chi connectivity index (χ2n) is 6.02. The van der Waals surface area contributed by atoms with E-state index in [0.29, 0.717) is 0 Å². The summed E-state index contributed by atoms with van der Waals surface area (Å²) in [7, 11) is -16.6. The van der Waals surface area contributed by atoms with Gasteiger partial charge in [0.1, 0.15) is 23.3 Å². The number of imidazole rings is 1. The monoisotopic (exact) mass is 547 g/mol. The summed E-state index contributed by atoms with van der Waals surface area (Å²) < 4.78 is 46.9. The quantitative estimate of drug-likeness (QED) is 0.123. The van der Waals surface area contributed by atoms with Gasteiger partial charge >= 0.3 is 53.0 Å². The maximum Gasteiger partial charge on any atom is 1.00 e. The van der Waals surface area contributed by atoms with E-state index in [4.69, 9.17) is 20.4 Å². The van der Waals surface area contributed by atoms with Gasteiger partial charge in [0.15, 0.2) is 11.5 Å². The van der Waals surface area contributed by atoms with Crippen LogP contribution in [0.25, 0.3) is 11.2 Å². The third-order valence-corrected chi connectivity index (χ3v) is 9.17. The molecule has 0 spiro atoms. The summed E-state index contributed by atoms with van der Waals surface area (Å²) >= 11 is 0.896. The van der Waals surface area contributed by atoms with E-state index in [1.807, 2.05) is 0 Å². The van der Waals surface area contributed by atoms with E-state index < -0.39 is 52.9 Å². The Kier molecular flexibility index (Phi) is 9.13. The van der Waals surface area contributed by atoms with E-state index in [1.54, 1.807) is 0 Å². The predicted octanol–water partition coefficient (Wildman–Crippen LogP) is -3.80. The van der Waals surface area contributed by atoms with Crippen LogP contribution in [0.1, 0.15) is 6.80 Å². The summed E-state index contributed by atoms with van der Waals surface area (Å²) in [6.45, 7) is -0.771. The standard InChI is InChI=1S/C10H16N5O12P3S.Na.H/c11-8-5-9(13-2-12-8)15(3-14-5)10-7(17)6(16)4(31-10)1-25-29(21,22)27-30(23,24)26-28(18,19)20;;/h2-4,6-7,10,16-17H,1H2,(H,21,22)(H,23,24)(H2,11,12,13)(H2,18,19,20);;/q;+1;-1/t4-,6-,7-,10-;;/m1../s1. The first-order chi connectivity index (χ1) is 14.2. The molecule has 0 bridgehead atoms. The van der Waals surface area contributed by atoms with Crippen molar-refractivity contribution in [2.75, 3.05) is 12.3 Å². The fourth-order valence-electron chi connectivity index (χ4n) is 2.62. The third kappa shape index (κ3) is 6.79. The van der Waals surface area contributed by atoms with Gasteiger partial charge in [0.05, 0.1) is 24.3 Å². The smallest absolute Gasteiger partial charge is 1.00 e. The van der Waals surface area contributed by atoms with Crippen molar-refractivity contribution >= 4 is 52.2 Å². The number of thioether (sulfide) groups is 1. The molecule has 1 aliphatic rings. The van der Waals surface area contributed by atoms with E-state index in [-0.39, 0.29) is 48.0 Å². The van der Waals surface area contributed by atoms with Gasteiger partial charge in [0, 0.05) is 0 Å². The molecule has 17 nitrogen and oxygen atoms in total. The fourth-order valence-corrected chi connectivity index (χ4v) is 7.20. The number of aliphatic hydroxyl groups is 2. The van der Waals surface area contributed by atoms with Gasteiger partial charge in [-0.15, -0.1) is 11.8 Å². The van der Waals surface area contributed by atoms with E-state index in [1.165, 1.54) is 17.2 Å². The van der Waals surface area contributed by atoms with E-state index >= 15 is 0 Å². The number of anilines is 1. The topological polar surface area (TPSA) is 270 Å². The molecule has 1 saturated heterocycles. The van der Waals surface area contributed by atoms with Crippen LogP contribution in [-0.4, -0.2) is 73.4 Å². The number of aromatic nitrogens is 4. The number of fused-ring (bicyclic) bond motifs is 1. The zero-order chi connectivity index (χ0) is 23.2. The SMILES string of the molecule is Nc1ncnc2c1ncn2[C@@H]1S[C@H](COP(=O)(O)OP(=O)(O)OP(=O)(O)O)[C@@H](O)[C@H]1O.[H-].[Na+]. The molecule has 2 aromatic heterocycles. The summed E-state index contributed by atoms with van der Waals surface area (Å²) in [5.41, 5.74) is 6.21. The number of nitrogens with zero attached hydrogens (tertiary/aromatic N) is 4. The van der Waals surface area contributed by atoms with Crippen molar-refractivity contribution in [3.63, 3.8) is 0 Å². The van der Waals surface area contributed by atoms with Gasteiger partial charge < -0.3 is 36.9 Å². The van der Waals surface area contributed by atoms with Crippen LogP contribution < -0.4 is 35.3 Å². The molecule has 0 saturated carbocycles. The molecule has 2 aromatic rings. The van der Waals surface area contributed by atoms with Crippen LogP contribution in [0.4, 0.5) is 5.82 Å². The van der Waals surface area contributed by atoms with Gasteiger partial charge in [-0.25, -0.2) is 28.6 Å². The van der Waals surface area contributed by atoms with Gasteiger partial charge in [-0.3, -0.25) is 9.09 Å². The number of hydrogen-bond acceptors (Lipinski definition) is 13. The first-order valence-electron chi connectivity index (χ1n) is 7.92. The maximum atomic E-state index is 11.8. The van der Waals surface area contributed by atoms with Crippen molar-refractivity contribution in [2.45, 2.75) is 22.8 Å². The Labute approximate surface area is 206 Å². The van der Waals surface area contributed by atoms with Crippen LogP contribution in [0.3, 0.4) is 0 Å². The molecule has 0 amide bonds. The second kappa shape index (κ2) is 10.3. The molecule has 176 valence electrons. The molecular formula is C10H17N5NaO12P3S. The van der Waals surface area contributed by atoms with Crippen LogP contribution in [0.2, 0.25) is 0 Å². The van der Waals surface area contributed by atoms with Gasteiger partial charge in [-0.2, -0.15) is 8.62 Å². The summed E-state index contributed by atoms with van der Waals surface area (Å²) in [6.07, 6.45) is -0.425. The van der Waals surface area contributed by atoms with Crippen molar-refractivity contribution in [3.05, 3.63) is 12.7 Å². The van der Waals surface area contributed by atoms with Crippen molar-refractivity contribution in [1.82, 2.24) is 19.5 Å². The molecule has 3 heterocycles. The van der Waals surface area contributed by atoms with Crippen LogP contribution in [0, 0.1) is 0 Å². The molecule has 2 unspecified atom stereocenters. The summed E-state index contributed by atoms with van der Waals surface area (Å²) in [5, 5.41) is 18.7. The van der Waals surface area contributed by atoms with Gasteiger partial charge in [0.2, 0.25) is 0 Å². The average molecular weight is 547 g/mol. The Hall–Kier alpha value is 0.0300. The molecule has 3 rings (SSSR count). The first-order valence-corrected chi connectivity index (χ1v) is 13.4. The number of nitrogens with two attached hydrogens (primary N) is 1. The molecule has 0 aliphatic carbocycles. The van der Waals surface area contributed by atoms with Crippen molar-refractivity contribution in [3.8, 4) is 0 Å². The Morgan fingerprint density at radius 1 is 1.06 bits per heavy atom. The molecule has 0 radical (unpaired) electrons. The molecule has 8 N–H and O–H groups in total. The van der Waals surface area contributed by atoms with Crippen molar-refractivity contribution < 1.29 is 87.6 Å². The minimum atomic E-state index is -5.67. The van der Waals surface area contributed by atoms with Crippen LogP contribution in [0.15, 0.2) is 12.7 Å². The Balaban J connectivity index is 0.00000272. The number of aliphatic hydroxyl groups excluding tert-OH is 2. The third-order valence-electron chi connectivity index (χ3n) is 3.82. The van der Waals surface area contributed by atoms with Gasteiger partial charge in [-0.1, -0.05) is 0 Å². The van der Waals surface area contributed by atoms with Crippen LogP contribution in [0.5, 0.6) is 0 Å². The Morgan fingerprint density at radius 2 is 1.72 bits per heavy atom. The number of nitrogen functional groups attached to an aromatic ring is 1. The maximum absolute atomic E-state index is 11.8. The molecular weight excluding hydrogens is 530 g/mol. The van der Waals surface area contributed by atoms with E-state index in [0.717, 1.165) is 11.8 Å². The molecule has 6 atom stereocenters. The molecule has 0 aromatic carbocycles. The van der Waals surface area contributed by atoms with E-state index in [9.17, 15) is 28.8 Å². The normalized spacial score (nSPS) is 27.6. The summed E-state index contributed by atoms with van der Waals surface area (Å²) in [5.74, 6) is 0.0889. The Bertz CT molecular complexity index is 1120. The zero-order valence-electron chi connectivity index (χ0n) is 16.9. The largest absolute Gasteiger partial charge is 1.00 e. The number of phosphoric ester groups is 1. The minimum absolute atomic E-state index is 0. The molecule has 1 fully saturated rings. The second-order valence-corrected chi connectivity index (χ2v) is 11.8. The summed E-state index contributed by atoms with van der Waals surface area (Å²) in [6, 6.07) is 0. The summed E-state index contributed by atoms with van der Waals surface area (Å²) in [4.78, 5) is 47.5.